The molecule has 0 fully saturated rings. The van der Waals surface area contributed by atoms with Crippen LogP contribution in [0.4, 0.5) is 0 Å². The van der Waals surface area contributed by atoms with Gasteiger partial charge in [-0.25, -0.2) is 4.79 Å². The van der Waals surface area contributed by atoms with Crippen LogP contribution in [0.2, 0.25) is 0 Å². The highest BCUT2D eigenvalue weighted by Gasteiger charge is 2.09. The first-order valence-electron chi connectivity index (χ1n) is 5.00. The number of aliphatic imine (C=N–C) groups is 1. The zero-order valence-corrected chi connectivity index (χ0v) is 8.97. The van der Waals surface area contributed by atoms with E-state index < -0.39 is 5.97 Å². The van der Waals surface area contributed by atoms with Gasteiger partial charge < -0.3 is 5.11 Å². The van der Waals surface area contributed by atoms with Crippen molar-refractivity contribution in [1.29, 1.82) is 0 Å². The molecule has 0 spiro atoms. The normalized spacial score (nSPS) is 13.6. The maximum Gasteiger partial charge on any atom is 0.349 e. The van der Waals surface area contributed by atoms with Crippen LogP contribution in [0.25, 0.3) is 0 Å². The summed E-state index contributed by atoms with van der Waals surface area (Å²) in [6, 6.07) is 9.57. The lowest BCUT2D eigenvalue weighted by Gasteiger charge is -2.07. The van der Waals surface area contributed by atoms with Crippen LogP contribution in [0.1, 0.15) is 31.9 Å². The first kappa shape index (κ1) is 11.4. The summed E-state index contributed by atoms with van der Waals surface area (Å²) in [7, 11) is 0. The second-order valence-electron chi connectivity index (χ2n) is 3.32. The molecule has 0 aliphatic carbocycles. The molecule has 0 bridgehead atoms. The summed E-state index contributed by atoms with van der Waals surface area (Å²) in [6.45, 7) is 3.69. The van der Waals surface area contributed by atoms with Crippen LogP contribution >= 0.6 is 0 Å². The van der Waals surface area contributed by atoms with Gasteiger partial charge in [0.25, 0.3) is 0 Å². The van der Waals surface area contributed by atoms with Crippen molar-refractivity contribution in [3.63, 3.8) is 0 Å². The van der Waals surface area contributed by atoms with Crippen molar-refractivity contribution in [2.75, 3.05) is 0 Å². The third kappa shape index (κ3) is 3.20. The lowest BCUT2D eigenvalue weighted by Crippen LogP contribution is -2.12. The minimum absolute atomic E-state index is 0.0998. The van der Waals surface area contributed by atoms with E-state index in [4.69, 9.17) is 5.11 Å². The number of hydrogen-bond donors (Lipinski definition) is 1. The molecule has 0 aliphatic rings. The zero-order valence-electron chi connectivity index (χ0n) is 8.97. The summed E-state index contributed by atoms with van der Waals surface area (Å²) < 4.78 is 0. The van der Waals surface area contributed by atoms with Gasteiger partial charge in [-0.2, -0.15) is 0 Å². The van der Waals surface area contributed by atoms with Gasteiger partial charge in [0.05, 0.1) is 6.04 Å². The average molecular weight is 205 g/mol. The highest BCUT2D eigenvalue weighted by atomic mass is 16.4. The topological polar surface area (TPSA) is 49.7 Å². The minimum atomic E-state index is -0.930. The Morgan fingerprint density at radius 3 is 2.47 bits per heavy atom. The molecule has 1 atom stereocenters. The maximum absolute atomic E-state index is 10.8. The van der Waals surface area contributed by atoms with Crippen LogP contribution in [0.15, 0.2) is 35.3 Å². The largest absolute Gasteiger partial charge is 0.477 e. The van der Waals surface area contributed by atoms with E-state index in [1.54, 1.807) is 6.92 Å². The van der Waals surface area contributed by atoms with Crippen LogP contribution in [0.5, 0.6) is 0 Å². The molecule has 0 aliphatic heterocycles. The fourth-order valence-corrected chi connectivity index (χ4v) is 1.34. The Morgan fingerprint density at radius 1 is 1.40 bits per heavy atom. The van der Waals surface area contributed by atoms with Crippen molar-refractivity contribution in [3.8, 4) is 0 Å². The molecule has 3 nitrogen and oxygen atoms in total. The van der Waals surface area contributed by atoms with E-state index >= 15 is 0 Å². The summed E-state index contributed by atoms with van der Waals surface area (Å²) in [5, 5.41) is 8.84. The monoisotopic (exact) mass is 205 g/mol. The van der Waals surface area contributed by atoms with Gasteiger partial charge in [0.2, 0.25) is 0 Å². The van der Waals surface area contributed by atoms with Crippen LogP contribution in [0, 0.1) is 0 Å². The van der Waals surface area contributed by atoms with Crippen molar-refractivity contribution >= 4 is 11.7 Å². The van der Waals surface area contributed by atoms with E-state index in [-0.39, 0.29) is 11.8 Å². The van der Waals surface area contributed by atoms with E-state index in [2.05, 4.69) is 4.99 Å². The number of carboxylic acids is 1. The number of rotatable bonds is 4. The molecule has 0 unspecified atom stereocenters. The van der Waals surface area contributed by atoms with E-state index in [0.29, 0.717) is 6.42 Å². The summed E-state index contributed by atoms with van der Waals surface area (Å²) >= 11 is 0. The molecule has 0 saturated heterocycles. The standard InChI is InChI=1S/C12H15NO2/c1-3-11(12(14)15)13-9(2)10-7-5-4-6-8-10/h4-9H,3H2,1-2H3,(H,14,15)/b13-11-/t9-/m1/s1. The van der Waals surface area contributed by atoms with Gasteiger partial charge in [-0.15, -0.1) is 0 Å². The fourth-order valence-electron chi connectivity index (χ4n) is 1.34. The highest BCUT2D eigenvalue weighted by Crippen LogP contribution is 2.16. The van der Waals surface area contributed by atoms with E-state index in [9.17, 15) is 4.79 Å². The molecule has 1 aromatic carbocycles. The second-order valence-corrected chi connectivity index (χ2v) is 3.32. The summed E-state index contributed by atoms with van der Waals surface area (Å²) in [5.41, 5.74) is 1.26. The second kappa shape index (κ2) is 5.29. The van der Waals surface area contributed by atoms with Crippen molar-refractivity contribution in [1.82, 2.24) is 0 Å². The number of carbonyl (C=O) groups is 1. The molecule has 1 rings (SSSR count). The molecule has 3 heteroatoms. The first-order chi connectivity index (χ1) is 7.15. The number of aliphatic carboxylic acids is 1. The summed E-state index contributed by atoms with van der Waals surface area (Å²) in [6.07, 6.45) is 0.451. The van der Waals surface area contributed by atoms with E-state index in [0.717, 1.165) is 5.56 Å². The number of carboxylic acid groups (broad SMARTS) is 1. The molecule has 0 aromatic heterocycles. The molecule has 0 saturated carbocycles. The van der Waals surface area contributed by atoms with Gasteiger partial charge in [-0.3, -0.25) is 4.99 Å². The Labute approximate surface area is 89.5 Å². The molecular formula is C12H15NO2. The Balaban J connectivity index is 2.86. The van der Waals surface area contributed by atoms with E-state index in [1.165, 1.54) is 0 Å². The molecule has 15 heavy (non-hydrogen) atoms. The van der Waals surface area contributed by atoms with Gasteiger partial charge in [0.1, 0.15) is 5.71 Å². The molecule has 0 amide bonds. The van der Waals surface area contributed by atoms with Crippen molar-refractivity contribution in [2.45, 2.75) is 26.3 Å². The number of benzene rings is 1. The quantitative estimate of drug-likeness (QED) is 0.768. The fraction of sp³-hybridized carbons (Fsp3) is 0.333. The maximum atomic E-state index is 10.8. The van der Waals surface area contributed by atoms with Crippen molar-refractivity contribution in [3.05, 3.63) is 35.9 Å². The number of hydrogen-bond acceptors (Lipinski definition) is 2. The highest BCUT2D eigenvalue weighted by molar-refractivity contribution is 6.35. The summed E-state index contributed by atoms with van der Waals surface area (Å²) in [4.78, 5) is 14.9. The van der Waals surface area contributed by atoms with Crippen molar-refractivity contribution < 1.29 is 9.90 Å². The van der Waals surface area contributed by atoms with E-state index in [1.807, 2.05) is 37.3 Å². The average Bonchev–Trinajstić information content (AvgIpc) is 2.26. The molecule has 0 radical (unpaired) electrons. The van der Waals surface area contributed by atoms with Crippen LogP contribution in [-0.4, -0.2) is 16.8 Å². The Morgan fingerprint density at radius 2 is 2.00 bits per heavy atom. The van der Waals surface area contributed by atoms with Crippen LogP contribution < -0.4 is 0 Å². The van der Waals surface area contributed by atoms with Gasteiger partial charge in [0.15, 0.2) is 0 Å². The molecule has 1 aromatic rings. The summed E-state index contributed by atoms with van der Waals surface area (Å²) in [5.74, 6) is -0.930. The predicted octanol–water partition coefficient (Wildman–Crippen LogP) is 2.68. The molecular weight excluding hydrogens is 190 g/mol. The third-order valence-corrected chi connectivity index (χ3v) is 2.21. The molecule has 80 valence electrons. The molecule has 0 heterocycles. The zero-order chi connectivity index (χ0) is 11.3. The van der Waals surface area contributed by atoms with Crippen LogP contribution in [0.3, 0.4) is 0 Å². The van der Waals surface area contributed by atoms with Crippen molar-refractivity contribution in [2.24, 2.45) is 4.99 Å². The predicted molar refractivity (Wildman–Crippen MR) is 60.2 cm³/mol. The van der Waals surface area contributed by atoms with Crippen LogP contribution in [-0.2, 0) is 4.79 Å². The smallest absolute Gasteiger partial charge is 0.349 e. The lowest BCUT2D eigenvalue weighted by atomic mass is 10.1. The van der Waals surface area contributed by atoms with Gasteiger partial charge in [-0.05, 0) is 18.9 Å². The third-order valence-electron chi connectivity index (χ3n) is 2.21. The minimum Gasteiger partial charge on any atom is -0.477 e. The Kier molecular flexibility index (Phi) is 4.03. The van der Waals surface area contributed by atoms with Gasteiger partial charge in [-0.1, -0.05) is 37.3 Å². The van der Waals surface area contributed by atoms with Gasteiger partial charge in [0, 0.05) is 0 Å². The number of nitrogens with zero attached hydrogens (tertiary/aromatic N) is 1. The Bertz CT molecular complexity index is 357. The van der Waals surface area contributed by atoms with Gasteiger partial charge >= 0.3 is 5.97 Å². The SMILES string of the molecule is CC/C(=N/[C@H](C)c1ccccc1)C(=O)O. The molecule has 1 N–H and O–H groups in total. The Hall–Kier alpha value is -1.64. The lowest BCUT2D eigenvalue weighted by molar-refractivity contribution is -0.129. The first-order valence-corrected chi connectivity index (χ1v) is 5.00.